The second kappa shape index (κ2) is 5.79. The first-order chi connectivity index (χ1) is 9.47. The molecule has 0 saturated heterocycles. The van der Waals surface area contributed by atoms with Crippen LogP contribution < -0.4 is 5.32 Å². The van der Waals surface area contributed by atoms with Crippen molar-refractivity contribution in [2.24, 2.45) is 0 Å². The van der Waals surface area contributed by atoms with Crippen LogP contribution in [0.4, 0.5) is 11.4 Å². The quantitative estimate of drug-likeness (QED) is 0.688. The third-order valence-corrected chi connectivity index (χ3v) is 3.25. The SMILES string of the molecule is Cc1cc(NC(=O)c2cc([N+](=O)[O-])ccc2Br)ccn1. The molecule has 0 unspecified atom stereocenters. The van der Waals surface area contributed by atoms with Gasteiger partial charge in [0.2, 0.25) is 0 Å². The van der Waals surface area contributed by atoms with Crippen molar-refractivity contribution in [1.29, 1.82) is 0 Å². The summed E-state index contributed by atoms with van der Waals surface area (Å²) in [6, 6.07) is 7.40. The molecule has 0 aliphatic carbocycles. The Bertz CT molecular complexity index is 688. The maximum Gasteiger partial charge on any atom is 0.270 e. The van der Waals surface area contributed by atoms with Gasteiger partial charge in [-0.15, -0.1) is 0 Å². The van der Waals surface area contributed by atoms with Crippen molar-refractivity contribution in [2.45, 2.75) is 6.92 Å². The number of aromatic nitrogens is 1. The predicted molar refractivity (Wildman–Crippen MR) is 77.7 cm³/mol. The molecule has 0 bridgehead atoms. The number of non-ortho nitro benzene ring substituents is 1. The molecule has 0 radical (unpaired) electrons. The van der Waals surface area contributed by atoms with E-state index in [1.54, 1.807) is 25.3 Å². The van der Waals surface area contributed by atoms with Crippen LogP contribution >= 0.6 is 15.9 Å². The lowest BCUT2D eigenvalue weighted by molar-refractivity contribution is -0.384. The summed E-state index contributed by atoms with van der Waals surface area (Å²) < 4.78 is 0.492. The summed E-state index contributed by atoms with van der Waals surface area (Å²) in [5, 5.41) is 13.4. The van der Waals surface area contributed by atoms with Gasteiger partial charge in [0.15, 0.2) is 0 Å². The fraction of sp³-hybridized carbons (Fsp3) is 0.0769. The monoisotopic (exact) mass is 335 g/mol. The number of anilines is 1. The molecule has 0 aliphatic heterocycles. The molecule has 7 heteroatoms. The van der Waals surface area contributed by atoms with Crippen molar-refractivity contribution in [3.05, 3.63) is 62.4 Å². The van der Waals surface area contributed by atoms with Crippen LogP contribution in [0.3, 0.4) is 0 Å². The van der Waals surface area contributed by atoms with E-state index in [1.165, 1.54) is 18.2 Å². The average Bonchev–Trinajstić information content (AvgIpc) is 2.38. The molecule has 2 aromatic rings. The zero-order valence-electron chi connectivity index (χ0n) is 10.5. The van der Waals surface area contributed by atoms with Gasteiger partial charge in [-0.3, -0.25) is 19.9 Å². The summed E-state index contributed by atoms with van der Waals surface area (Å²) in [6.45, 7) is 1.80. The highest BCUT2D eigenvalue weighted by Gasteiger charge is 2.15. The second-order valence-electron chi connectivity index (χ2n) is 4.06. The molecule has 0 spiro atoms. The molecule has 1 heterocycles. The zero-order valence-corrected chi connectivity index (χ0v) is 12.0. The van der Waals surface area contributed by atoms with Crippen LogP contribution in [0.15, 0.2) is 41.0 Å². The molecule has 0 aliphatic rings. The van der Waals surface area contributed by atoms with Gasteiger partial charge in [0.05, 0.1) is 10.5 Å². The molecule has 102 valence electrons. The smallest absolute Gasteiger partial charge is 0.270 e. The number of nitrogens with one attached hydrogen (secondary N) is 1. The summed E-state index contributed by atoms with van der Waals surface area (Å²) in [5.41, 5.74) is 1.42. The first kappa shape index (κ1) is 14.1. The Morgan fingerprint density at radius 1 is 1.35 bits per heavy atom. The van der Waals surface area contributed by atoms with E-state index >= 15 is 0 Å². The number of hydrogen-bond acceptors (Lipinski definition) is 4. The van der Waals surface area contributed by atoms with Gasteiger partial charge in [-0.05, 0) is 41.1 Å². The number of carbonyl (C=O) groups is 1. The van der Waals surface area contributed by atoms with Crippen LogP contribution in [0.1, 0.15) is 16.1 Å². The van der Waals surface area contributed by atoms with Crippen LogP contribution in [0.2, 0.25) is 0 Å². The molecule has 1 aromatic heterocycles. The molecule has 1 N–H and O–H groups in total. The average molecular weight is 336 g/mol. The number of nitrogens with zero attached hydrogens (tertiary/aromatic N) is 2. The fourth-order valence-electron chi connectivity index (χ4n) is 1.62. The highest BCUT2D eigenvalue weighted by Crippen LogP contribution is 2.23. The minimum absolute atomic E-state index is 0.135. The van der Waals surface area contributed by atoms with Crippen LogP contribution in [0, 0.1) is 17.0 Å². The minimum Gasteiger partial charge on any atom is -0.322 e. The summed E-state index contributed by atoms with van der Waals surface area (Å²) in [6.07, 6.45) is 1.58. The number of amides is 1. The maximum atomic E-state index is 12.1. The van der Waals surface area contributed by atoms with Gasteiger partial charge in [-0.25, -0.2) is 0 Å². The number of nitro benzene ring substituents is 1. The number of aryl methyl sites for hydroxylation is 1. The van der Waals surface area contributed by atoms with E-state index < -0.39 is 10.8 Å². The zero-order chi connectivity index (χ0) is 14.7. The molecule has 2 rings (SSSR count). The van der Waals surface area contributed by atoms with Crippen molar-refractivity contribution in [1.82, 2.24) is 4.98 Å². The van der Waals surface area contributed by atoms with Gasteiger partial charge in [-0.1, -0.05) is 0 Å². The number of carbonyl (C=O) groups excluding carboxylic acids is 1. The van der Waals surface area contributed by atoms with Crippen LogP contribution in [-0.2, 0) is 0 Å². The molecular weight excluding hydrogens is 326 g/mol. The number of pyridine rings is 1. The van der Waals surface area contributed by atoms with Crippen molar-refractivity contribution < 1.29 is 9.72 Å². The normalized spacial score (nSPS) is 10.1. The summed E-state index contributed by atoms with van der Waals surface area (Å²) >= 11 is 3.21. The number of halogens is 1. The molecule has 0 saturated carbocycles. The lowest BCUT2D eigenvalue weighted by Crippen LogP contribution is -2.13. The van der Waals surface area contributed by atoms with Crippen molar-refractivity contribution in [3.63, 3.8) is 0 Å². The van der Waals surface area contributed by atoms with E-state index in [-0.39, 0.29) is 11.3 Å². The van der Waals surface area contributed by atoms with Crippen LogP contribution in [0.5, 0.6) is 0 Å². The number of hydrogen-bond donors (Lipinski definition) is 1. The van der Waals surface area contributed by atoms with Gasteiger partial charge in [0.25, 0.3) is 11.6 Å². The summed E-state index contributed by atoms with van der Waals surface area (Å²) in [4.78, 5) is 26.4. The minimum atomic E-state index is -0.542. The Morgan fingerprint density at radius 2 is 2.10 bits per heavy atom. The maximum absolute atomic E-state index is 12.1. The largest absolute Gasteiger partial charge is 0.322 e. The Balaban J connectivity index is 2.29. The van der Waals surface area contributed by atoms with E-state index in [0.29, 0.717) is 10.2 Å². The molecule has 0 fully saturated rings. The number of benzene rings is 1. The Kier molecular flexibility index (Phi) is 4.09. The van der Waals surface area contributed by atoms with Gasteiger partial charge in [0, 0.05) is 34.2 Å². The van der Waals surface area contributed by atoms with E-state index in [1.807, 2.05) is 0 Å². The Labute approximate surface area is 123 Å². The highest BCUT2D eigenvalue weighted by molar-refractivity contribution is 9.10. The first-order valence-electron chi connectivity index (χ1n) is 5.65. The molecule has 1 aromatic carbocycles. The lowest BCUT2D eigenvalue weighted by atomic mass is 10.2. The van der Waals surface area contributed by atoms with Crippen LogP contribution in [-0.4, -0.2) is 15.8 Å². The van der Waals surface area contributed by atoms with Gasteiger partial charge < -0.3 is 5.32 Å². The van der Waals surface area contributed by atoms with E-state index in [4.69, 9.17) is 0 Å². The number of nitro groups is 1. The lowest BCUT2D eigenvalue weighted by Gasteiger charge is -2.07. The first-order valence-corrected chi connectivity index (χ1v) is 6.44. The molecule has 6 nitrogen and oxygen atoms in total. The van der Waals surface area contributed by atoms with Crippen molar-refractivity contribution >= 4 is 33.2 Å². The second-order valence-corrected chi connectivity index (χ2v) is 4.92. The van der Waals surface area contributed by atoms with Crippen LogP contribution in [0.25, 0.3) is 0 Å². The van der Waals surface area contributed by atoms with Crippen molar-refractivity contribution in [2.75, 3.05) is 5.32 Å². The highest BCUT2D eigenvalue weighted by atomic mass is 79.9. The third-order valence-electron chi connectivity index (χ3n) is 2.56. The summed E-state index contributed by atoms with van der Waals surface area (Å²) in [5.74, 6) is -0.425. The van der Waals surface area contributed by atoms with Crippen molar-refractivity contribution in [3.8, 4) is 0 Å². The predicted octanol–water partition coefficient (Wildman–Crippen LogP) is 3.31. The molecular formula is C13H10BrN3O3. The third kappa shape index (κ3) is 3.18. The van der Waals surface area contributed by atoms with E-state index in [0.717, 1.165) is 5.69 Å². The van der Waals surface area contributed by atoms with Gasteiger partial charge >= 0.3 is 0 Å². The Hall–Kier alpha value is -2.28. The molecule has 20 heavy (non-hydrogen) atoms. The topological polar surface area (TPSA) is 85.1 Å². The summed E-state index contributed by atoms with van der Waals surface area (Å²) in [7, 11) is 0. The number of rotatable bonds is 3. The Morgan fingerprint density at radius 3 is 2.75 bits per heavy atom. The van der Waals surface area contributed by atoms with E-state index in [9.17, 15) is 14.9 Å². The standard InChI is InChI=1S/C13H10BrN3O3/c1-8-6-9(4-5-15-8)16-13(18)11-7-10(17(19)20)2-3-12(11)14/h2-7H,1H3,(H,15,16,18). The molecule has 1 amide bonds. The fourth-order valence-corrected chi connectivity index (χ4v) is 2.05. The van der Waals surface area contributed by atoms with Gasteiger partial charge in [0.1, 0.15) is 0 Å². The van der Waals surface area contributed by atoms with Gasteiger partial charge in [-0.2, -0.15) is 0 Å². The molecule has 0 atom stereocenters. The van der Waals surface area contributed by atoms with E-state index in [2.05, 4.69) is 26.2 Å².